The number of carbonyl (C=O) groups excluding carboxylic acids is 6. The number of nitrogens with one attached hydrogen (secondary N) is 1. The Hall–Kier alpha value is -8.27. The maximum Gasteiger partial charge on any atom is 0.435 e. The van der Waals surface area contributed by atoms with Gasteiger partial charge in [-0.3, -0.25) is 24.1 Å². The maximum atomic E-state index is 14.7. The first-order chi connectivity index (χ1) is 36.6. The maximum absolute atomic E-state index is 14.7. The van der Waals surface area contributed by atoms with Gasteiger partial charge in [0.05, 0.1) is 39.9 Å². The molecule has 1 aliphatic carbocycles. The molecule has 2 aliphatic heterocycles. The molecule has 0 bridgehead atoms. The predicted octanol–water partition coefficient (Wildman–Crippen LogP) is 8.15. The molecule has 0 unspecified atom stereocenters. The van der Waals surface area contributed by atoms with Gasteiger partial charge >= 0.3 is 18.4 Å². The highest BCUT2D eigenvalue weighted by Gasteiger charge is 2.40. The molecule has 9 rings (SSSR count). The third-order valence-corrected chi connectivity index (χ3v) is 14.0. The third kappa shape index (κ3) is 11.6. The lowest BCUT2D eigenvalue weighted by molar-refractivity contribution is -0.141. The van der Waals surface area contributed by atoms with E-state index in [0.29, 0.717) is 39.0 Å². The molecule has 19 nitrogen and oxygen atoms in total. The second kappa shape index (κ2) is 21.8. The molecule has 402 valence electrons. The molecule has 2 saturated heterocycles. The number of halogens is 4. The van der Waals surface area contributed by atoms with Crippen molar-refractivity contribution in [1.82, 2.24) is 39.0 Å². The number of carbonyl (C=O) groups is 6. The summed E-state index contributed by atoms with van der Waals surface area (Å²) in [5.74, 6) is -2.68. The third-order valence-electron chi connectivity index (χ3n) is 13.7. The van der Waals surface area contributed by atoms with Crippen LogP contribution in [0.4, 0.5) is 34.1 Å². The largest absolute Gasteiger partial charge is 0.448 e. The van der Waals surface area contributed by atoms with Crippen molar-refractivity contribution in [2.45, 2.75) is 57.7 Å². The molecule has 5 heterocycles. The van der Waals surface area contributed by atoms with Crippen LogP contribution in [-0.4, -0.2) is 133 Å². The Kier molecular flexibility index (Phi) is 15.1. The molecule has 0 saturated carbocycles. The fourth-order valence-corrected chi connectivity index (χ4v) is 10.1. The first-order valence-corrected chi connectivity index (χ1v) is 25.3. The van der Waals surface area contributed by atoms with Crippen LogP contribution in [-0.2, 0) is 32.3 Å². The Bertz CT molecular complexity index is 3200. The standard InChI is InChI=1S/C54H55ClF3N11O8/c1-53(2,3)77-51(74)67-20-17-32(18-21-67)49(72)65-23-25-66(26-24-65)50(73)39-15-13-33(27-42(39)55)62-48(71)47-61-29-43(64(47)4)40-30-69(63-46(40)54(56,57)58)45-16-14-34(28-60-45)68(22-19-44(59)70)52(75)76-31-41-37-11-7-5-9-35(37)36-10-6-8-12-38(36)41/h5-16,27-30,32,41H,17-26,31H2,1-4H3,(H2,59,70)(H,62,71). The van der Waals surface area contributed by atoms with E-state index in [1.54, 1.807) is 35.5 Å². The van der Waals surface area contributed by atoms with Crippen LogP contribution < -0.4 is 16.0 Å². The number of hydrogen-bond donors (Lipinski definition) is 2. The van der Waals surface area contributed by atoms with E-state index in [1.807, 2.05) is 48.5 Å². The minimum atomic E-state index is -4.96. The van der Waals surface area contributed by atoms with Gasteiger partial charge in [-0.2, -0.15) is 18.3 Å². The van der Waals surface area contributed by atoms with E-state index >= 15 is 0 Å². The van der Waals surface area contributed by atoms with Crippen molar-refractivity contribution in [3.05, 3.63) is 131 Å². The lowest BCUT2D eigenvalue weighted by Crippen LogP contribution is -2.53. The minimum Gasteiger partial charge on any atom is -0.448 e. The Morgan fingerprint density at radius 1 is 0.805 bits per heavy atom. The quantitative estimate of drug-likeness (QED) is 0.119. The molecule has 77 heavy (non-hydrogen) atoms. The van der Waals surface area contributed by atoms with Crippen molar-refractivity contribution < 1.29 is 51.4 Å². The van der Waals surface area contributed by atoms with Crippen molar-refractivity contribution in [3.8, 4) is 28.2 Å². The van der Waals surface area contributed by atoms with E-state index in [4.69, 9.17) is 26.8 Å². The summed E-state index contributed by atoms with van der Waals surface area (Å²) in [5.41, 5.74) is 7.58. The van der Waals surface area contributed by atoms with Crippen LogP contribution in [0.1, 0.15) is 83.7 Å². The van der Waals surface area contributed by atoms with Crippen molar-refractivity contribution in [2.75, 3.05) is 62.6 Å². The Morgan fingerprint density at radius 2 is 1.45 bits per heavy atom. The Labute approximate surface area is 445 Å². The molecule has 3 aromatic carbocycles. The van der Waals surface area contributed by atoms with Crippen LogP contribution in [0.2, 0.25) is 5.02 Å². The molecule has 3 aliphatic rings. The number of anilines is 2. The van der Waals surface area contributed by atoms with Gasteiger partial charge in [-0.15, -0.1) is 0 Å². The number of primary amides is 1. The number of alkyl halides is 3. The van der Waals surface area contributed by atoms with Crippen molar-refractivity contribution in [1.29, 1.82) is 0 Å². The fourth-order valence-electron chi connectivity index (χ4n) is 9.80. The van der Waals surface area contributed by atoms with Crippen molar-refractivity contribution in [2.24, 2.45) is 18.7 Å². The van der Waals surface area contributed by atoms with Gasteiger partial charge in [0.15, 0.2) is 17.3 Å². The molecule has 3 aromatic heterocycles. The van der Waals surface area contributed by atoms with Crippen LogP contribution in [0.25, 0.3) is 28.2 Å². The summed E-state index contributed by atoms with van der Waals surface area (Å²) in [7, 11) is 1.36. The highest BCUT2D eigenvalue weighted by molar-refractivity contribution is 6.34. The zero-order chi connectivity index (χ0) is 54.9. The first-order valence-electron chi connectivity index (χ1n) is 24.9. The second-order valence-corrected chi connectivity index (χ2v) is 20.3. The van der Waals surface area contributed by atoms with Gasteiger partial charge in [-0.25, -0.2) is 24.2 Å². The number of piperazine rings is 1. The first kappa shape index (κ1) is 53.6. The minimum absolute atomic E-state index is 0.0158. The number of amides is 6. The molecule has 6 amide bonds. The van der Waals surface area contributed by atoms with Gasteiger partial charge < -0.3 is 39.8 Å². The predicted molar refractivity (Wildman–Crippen MR) is 277 cm³/mol. The number of pyridine rings is 1. The molecule has 0 radical (unpaired) electrons. The van der Waals surface area contributed by atoms with Gasteiger partial charge in [0, 0.05) is 83.0 Å². The van der Waals surface area contributed by atoms with Gasteiger partial charge in [0.25, 0.3) is 11.8 Å². The lowest BCUT2D eigenvalue weighted by Gasteiger charge is -2.38. The number of benzene rings is 3. The van der Waals surface area contributed by atoms with Gasteiger partial charge in [0.1, 0.15) is 12.2 Å². The van der Waals surface area contributed by atoms with Crippen molar-refractivity contribution >= 4 is 58.8 Å². The SMILES string of the molecule is Cn1c(-c2cn(-c3ccc(N(CCC(N)=O)C(=O)OCC4c5ccccc5-c5ccccc54)cn3)nc2C(F)(F)F)cnc1C(=O)Nc1ccc(C(=O)N2CCN(C(=O)C3CCN(C(=O)OC(C)(C)C)CC3)CC2)c(Cl)c1. The number of nitrogens with two attached hydrogens (primary N) is 1. The number of fused-ring (bicyclic) bond motifs is 3. The summed E-state index contributed by atoms with van der Waals surface area (Å²) in [6.07, 6.45) is -1.93. The highest BCUT2D eigenvalue weighted by atomic mass is 35.5. The Morgan fingerprint density at radius 3 is 2.05 bits per heavy atom. The van der Waals surface area contributed by atoms with Gasteiger partial charge in [-0.05, 0) is 86.2 Å². The number of likely N-dealkylation sites (tertiary alicyclic amines) is 1. The zero-order valence-corrected chi connectivity index (χ0v) is 43.3. The molecule has 2 fully saturated rings. The lowest BCUT2D eigenvalue weighted by atomic mass is 9.95. The summed E-state index contributed by atoms with van der Waals surface area (Å²) in [6, 6.07) is 22.7. The van der Waals surface area contributed by atoms with E-state index in [2.05, 4.69) is 20.4 Å². The van der Waals surface area contributed by atoms with E-state index in [-0.39, 0.29) is 95.6 Å². The van der Waals surface area contributed by atoms with Crippen LogP contribution in [0.5, 0.6) is 0 Å². The van der Waals surface area contributed by atoms with Crippen LogP contribution in [0.3, 0.4) is 0 Å². The number of piperidine rings is 1. The molecule has 0 atom stereocenters. The fraction of sp³-hybridized carbons (Fsp3) is 0.352. The average Bonchev–Trinajstić information content (AvgIpc) is 4.14. The summed E-state index contributed by atoms with van der Waals surface area (Å²) in [6.45, 7) is 7.20. The second-order valence-electron chi connectivity index (χ2n) is 19.9. The summed E-state index contributed by atoms with van der Waals surface area (Å²) < 4.78 is 57.4. The number of imidazole rings is 1. The Balaban J connectivity index is 0.831. The number of aromatic nitrogens is 5. The number of rotatable bonds is 12. The smallest absolute Gasteiger partial charge is 0.435 e. The molecule has 0 spiro atoms. The molecular weight excluding hydrogens is 1020 g/mol. The average molecular weight is 1080 g/mol. The van der Waals surface area contributed by atoms with Crippen molar-refractivity contribution in [3.63, 3.8) is 0 Å². The molecular formula is C54H55ClF3N11O8. The summed E-state index contributed by atoms with van der Waals surface area (Å²) >= 11 is 6.60. The van der Waals surface area contributed by atoms with E-state index in [1.165, 1.54) is 53.0 Å². The van der Waals surface area contributed by atoms with E-state index in [0.717, 1.165) is 39.3 Å². The molecule has 3 N–H and O–H groups in total. The normalized spacial score (nSPS) is 14.9. The highest BCUT2D eigenvalue weighted by Crippen LogP contribution is 2.45. The number of hydrogen-bond acceptors (Lipinski definition) is 11. The van der Waals surface area contributed by atoms with Crippen LogP contribution in [0.15, 0.2) is 97.5 Å². The van der Waals surface area contributed by atoms with E-state index in [9.17, 15) is 41.9 Å². The van der Waals surface area contributed by atoms with Crippen LogP contribution in [0, 0.1) is 5.92 Å². The van der Waals surface area contributed by atoms with Gasteiger partial charge in [-0.1, -0.05) is 60.1 Å². The molecule has 23 heteroatoms. The van der Waals surface area contributed by atoms with E-state index < -0.39 is 47.0 Å². The zero-order valence-electron chi connectivity index (χ0n) is 42.6. The summed E-state index contributed by atoms with van der Waals surface area (Å²) in [4.78, 5) is 93.2. The topological polar surface area (TPSA) is 220 Å². The number of nitrogens with zero attached hydrogens (tertiary/aromatic N) is 9. The summed E-state index contributed by atoms with van der Waals surface area (Å²) in [5, 5.41) is 6.50. The van der Waals surface area contributed by atoms with Crippen LogP contribution >= 0.6 is 11.6 Å². The molecule has 6 aromatic rings. The number of ether oxygens (including phenoxy) is 2. The monoisotopic (exact) mass is 1080 g/mol. The van der Waals surface area contributed by atoms with Gasteiger partial charge in [0.2, 0.25) is 11.8 Å².